The van der Waals surface area contributed by atoms with E-state index in [4.69, 9.17) is 0 Å². The summed E-state index contributed by atoms with van der Waals surface area (Å²) < 4.78 is 4.30. The molecule has 100 valence electrons. The second-order valence-corrected chi connectivity index (χ2v) is 6.81. The largest absolute Gasteiger partial charge is 0.372 e. The smallest absolute Gasteiger partial charge is 0.164 e. The second kappa shape index (κ2) is 6.06. The van der Waals surface area contributed by atoms with E-state index >= 15 is 0 Å². The Hall–Kier alpha value is -0.550. The molecule has 0 saturated heterocycles. The molecule has 1 heterocycles. The summed E-state index contributed by atoms with van der Waals surface area (Å²) >= 11 is 3.37. The Morgan fingerprint density at radius 1 is 1.50 bits per heavy atom. The van der Waals surface area contributed by atoms with Gasteiger partial charge >= 0.3 is 0 Å². The Kier molecular flexibility index (Phi) is 4.67. The maximum Gasteiger partial charge on any atom is 0.164 e. The molecule has 1 aliphatic rings. The molecule has 5 heteroatoms. The van der Waals surface area contributed by atoms with Crippen LogP contribution in [-0.4, -0.2) is 27.7 Å². The van der Waals surface area contributed by atoms with Crippen molar-refractivity contribution in [2.45, 2.75) is 50.8 Å². The molecular weight excluding hydrogens is 264 g/mol. The molecule has 18 heavy (non-hydrogen) atoms. The number of ketones is 1. The summed E-state index contributed by atoms with van der Waals surface area (Å²) in [5.74, 6) is 0.112. The first-order chi connectivity index (χ1) is 8.61. The summed E-state index contributed by atoms with van der Waals surface area (Å²) in [5, 5.41) is 5.26. The van der Waals surface area contributed by atoms with Crippen molar-refractivity contribution in [3.05, 3.63) is 11.3 Å². The first kappa shape index (κ1) is 13.9. The molecule has 0 aromatic carbocycles. The number of nitrogens with zero attached hydrogens (tertiary/aromatic N) is 1. The van der Waals surface area contributed by atoms with Gasteiger partial charge in [0.2, 0.25) is 0 Å². The van der Waals surface area contributed by atoms with Crippen LogP contribution in [0.3, 0.4) is 0 Å². The average molecular weight is 284 g/mol. The van der Waals surface area contributed by atoms with Gasteiger partial charge < -0.3 is 5.32 Å². The Balaban J connectivity index is 2.07. The molecule has 0 spiro atoms. The molecule has 1 fully saturated rings. The minimum absolute atomic E-state index is 0.112. The molecule has 2 unspecified atom stereocenters. The van der Waals surface area contributed by atoms with Gasteiger partial charge in [-0.1, -0.05) is 6.42 Å². The standard InChI is InChI=1S/C13H20N2OS2/c1-8-12(9(2)16)13(18-15-8)14-10-5-4-6-11(7-10)17-3/h10-11,14H,4-7H2,1-3H3. The van der Waals surface area contributed by atoms with Crippen molar-refractivity contribution < 1.29 is 4.79 Å². The van der Waals surface area contributed by atoms with E-state index in [1.165, 1.54) is 37.2 Å². The van der Waals surface area contributed by atoms with E-state index < -0.39 is 0 Å². The zero-order chi connectivity index (χ0) is 13.1. The highest BCUT2D eigenvalue weighted by molar-refractivity contribution is 7.99. The van der Waals surface area contributed by atoms with Crippen LogP contribution in [-0.2, 0) is 0 Å². The number of carbonyl (C=O) groups is 1. The summed E-state index contributed by atoms with van der Waals surface area (Å²) in [6.45, 7) is 3.53. The van der Waals surface area contributed by atoms with Gasteiger partial charge in [-0.2, -0.15) is 16.1 Å². The van der Waals surface area contributed by atoms with Gasteiger partial charge in [-0.15, -0.1) is 0 Å². The predicted octanol–water partition coefficient (Wildman–Crippen LogP) is 3.74. The van der Waals surface area contributed by atoms with E-state index in [9.17, 15) is 4.79 Å². The fraction of sp³-hybridized carbons (Fsp3) is 0.692. The van der Waals surface area contributed by atoms with E-state index in [2.05, 4.69) is 15.9 Å². The Morgan fingerprint density at radius 2 is 2.28 bits per heavy atom. The molecule has 2 atom stereocenters. The summed E-state index contributed by atoms with van der Waals surface area (Å²) in [6, 6.07) is 0.495. The third-order valence-electron chi connectivity index (χ3n) is 3.51. The lowest BCUT2D eigenvalue weighted by atomic mass is 9.95. The number of hydrogen-bond donors (Lipinski definition) is 1. The predicted molar refractivity (Wildman–Crippen MR) is 80.0 cm³/mol. The molecule has 1 saturated carbocycles. The van der Waals surface area contributed by atoms with Crippen LogP contribution >= 0.6 is 23.3 Å². The van der Waals surface area contributed by atoms with Crippen molar-refractivity contribution in [1.29, 1.82) is 0 Å². The van der Waals surface area contributed by atoms with E-state index in [-0.39, 0.29) is 5.78 Å². The van der Waals surface area contributed by atoms with Gasteiger partial charge in [0, 0.05) is 11.3 Å². The average Bonchev–Trinajstić information content (AvgIpc) is 2.70. The minimum Gasteiger partial charge on any atom is -0.372 e. The molecule has 1 N–H and O–H groups in total. The second-order valence-electron chi connectivity index (χ2n) is 4.89. The van der Waals surface area contributed by atoms with Crippen molar-refractivity contribution in [1.82, 2.24) is 4.37 Å². The van der Waals surface area contributed by atoms with Crippen LogP contribution in [0.4, 0.5) is 5.00 Å². The molecular formula is C13H20N2OS2. The van der Waals surface area contributed by atoms with Crippen LogP contribution in [0, 0.1) is 6.92 Å². The number of aryl methyl sites for hydroxylation is 1. The van der Waals surface area contributed by atoms with E-state index in [1.54, 1.807) is 6.92 Å². The number of nitrogens with one attached hydrogen (secondary N) is 1. The highest BCUT2D eigenvalue weighted by atomic mass is 32.2. The number of anilines is 1. The Bertz CT molecular complexity index is 431. The maximum absolute atomic E-state index is 11.6. The zero-order valence-electron chi connectivity index (χ0n) is 11.2. The third-order valence-corrected chi connectivity index (χ3v) is 5.47. The lowest BCUT2D eigenvalue weighted by Gasteiger charge is -2.29. The number of thioether (sulfide) groups is 1. The molecule has 0 amide bonds. The zero-order valence-corrected chi connectivity index (χ0v) is 12.8. The lowest BCUT2D eigenvalue weighted by molar-refractivity contribution is 0.101. The highest BCUT2D eigenvalue weighted by Gasteiger charge is 2.23. The van der Waals surface area contributed by atoms with Gasteiger partial charge in [0.1, 0.15) is 5.00 Å². The quantitative estimate of drug-likeness (QED) is 0.855. The first-order valence-corrected chi connectivity index (χ1v) is 8.44. The van der Waals surface area contributed by atoms with Crippen molar-refractivity contribution in [3.63, 3.8) is 0 Å². The third kappa shape index (κ3) is 3.06. The lowest BCUT2D eigenvalue weighted by Crippen LogP contribution is -2.28. The van der Waals surface area contributed by atoms with E-state index in [1.807, 2.05) is 18.7 Å². The fourth-order valence-corrected chi connectivity index (χ4v) is 4.31. The van der Waals surface area contributed by atoms with Gasteiger partial charge in [-0.05, 0) is 50.9 Å². The summed E-state index contributed by atoms with van der Waals surface area (Å²) in [6.07, 6.45) is 7.17. The van der Waals surface area contributed by atoms with Gasteiger partial charge in [0.15, 0.2) is 5.78 Å². The van der Waals surface area contributed by atoms with Crippen LogP contribution in [0.5, 0.6) is 0 Å². The van der Waals surface area contributed by atoms with Crippen molar-refractivity contribution in [3.8, 4) is 0 Å². The molecule has 0 radical (unpaired) electrons. The SMILES string of the molecule is CSC1CCCC(Nc2snc(C)c2C(C)=O)C1. The number of Topliss-reactive ketones (excluding diaryl/α,β-unsaturated/α-hetero) is 1. The highest BCUT2D eigenvalue weighted by Crippen LogP contribution is 2.32. The van der Waals surface area contributed by atoms with Crippen molar-refractivity contribution >= 4 is 34.1 Å². The molecule has 1 aromatic rings. The van der Waals surface area contributed by atoms with Crippen LogP contribution in [0.15, 0.2) is 0 Å². The summed E-state index contributed by atoms with van der Waals surface area (Å²) in [4.78, 5) is 11.6. The van der Waals surface area contributed by atoms with Crippen LogP contribution < -0.4 is 5.32 Å². The van der Waals surface area contributed by atoms with Crippen LogP contribution in [0.1, 0.15) is 48.7 Å². The molecule has 0 aliphatic heterocycles. The number of rotatable bonds is 4. The van der Waals surface area contributed by atoms with E-state index in [0.29, 0.717) is 6.04 Å². The molecule has 2 rings (SSSR count). The number of hydrogen-bond acceptors (Lipinski definition) is 5. The van der Waals surface area contributed by atoms with Gasteiger partial charge in [0.05, 0.1) is 11.3 Å². The van der Waals surface area contributed by atoms with Gasteiger partial charge in [-0.25, -0.2) is 0 Å². The number of carbonyl (C=O) groups excluding carboxylic acids is 1. The minimum atomic E-state index is 0.112. The molecule has 1 aromatic heterocycles. The molecule has 0 bridgehead atoms. The number of aromatic nitrogens is 1. The summed E-state index contributed by atoms with van der Waals surface area (Å²) in [7, 11) is 0. The maximum atomic E-state index is 11.6. The van der Waals surface area contributed by atoms with Crippen LogP contribution in [0.25, 0.3) is 0 Å². The van der Waals surface area contributed by atoms with Crippen molar-refractivity contribution in [2.24, 2.45) is 0 Å². The normalized spacial score (nSPS) is 23.9. The fourth-order valence-electron chi connectivity index (χ4n) is 2.56. The Morgan fingerprint density at radius 3 is 2.94 bits per heavy atom. The Labute approximate surface area is 117 Å². The van der Waals surface area contributed by atoms with Crippen LogP contribution in [0.2, 0.25) is 0 Å². The van der Waals surface area contributed by atoms with E-state index in [0.717, 1.165) is 21.5 Å². The molecule has 3 nitrogen and oxygen atoms in total. The van der Waals surface area contributed by atoms with Gasteiger partial charge in [-0.3, -0.25) is 4.79 Å². The molecule has 1 aliphatic carbocycles. The topological polar surface area (TPSA) is 42.0 Å². The van der Waals surface area contributed by atoms with Gasteiger partial charge in [0.25, 0.3) is 0 Å². The first-order valence-electron chi connectivity index (χ1n) is 6.38. The monoisotopic (exact) mass is 284 g/mol. The summed E-state index contributed by atoms with van der Waals surface area (Å²) in [5.41, 5.74) is 1.64. The van der Waals surface area contributed by atoms with Crippen molar-refractivity contribution in [2.75, 3.05) is 11.6 Å².